The summed E-state index contributed by atoms with van der Waals surface area (Å²) in [6.45, 7) is 2.23. The molecule has 0 unspecified atom stereocenters. The van der Waals surface area contributed by atoms with Gasteiger partial charge in [0.1, 0.15) is 10.8 Å². The van der Waals surface area contributed by atoms with Crippen molar-refractivity contribution >= 4 is 33.1 Å². The average Bonchev–Trinajstić information content (AvgIpc) is 2.84. The minimum Gasteiger partial charge on any atom is -0.363 e. The fraction of sp³-hybridized carbons (Fsp3) is 0.333. The molecule has 0 spiro atoms. The van der Waals surface area contributed by atoms with Crippen molar-refractivity contribution in [1.82, 2.24) is 9.97 Å². The zero-order chi connectivity index (χ0) is 14.8. The van der Waals surface area contributed by atoms with Crippen molar-refractivity contribution in [1.29, 1.82) is 0 Å². The Labute approximate surface area is 126 Å². The molecule has 0 aromatic carbocycles. The monoisotopic (exact) mass is 365 g/mol. The second-order valence-electron chi connectivity index (χ2n) is 3.97. The first kappa shape index (κ1) is 15.2. The number of aromatic nitrogens is 2. The van der Waals surface area contributed by atoms with Gasteiger partial charge in [-0.05, 0) is 28.4 Å². The third-order valence-corrected chi connectivity index (χ3v) is 4.09. The van der Waals surface area contributed by atoms with Crippen LogP contribution >= 0.6 is 27.3 Å². The maximum Gasteiger partial charge on any atom is 0.419 e. The lowest BCUT2D eigenvalue weighted by molar-refractivity contribution is -0.137. The molecule has 0 amide bonds. The highest BCUT2D eigenvalue weighted by molar-refractivity contribution is 9.10. The number of halogens is 4. The Bertz CT molecular complexity index is 598. The van der Waals surface area contributed by atoms with E-state index in [0.29, 0.717) is 0 Å². The number of hydrogen-bond acceptors (Lipinski definition) is 4. The van der Waals surface area contributed by atoms with E-state index in [1.54, 1.807) is 6.20 Å². The molecule has 20 heavy (non-hydrogen) atoms. The maximum absolute atomic E-state index is 12.9. The topological polar surface area (TPSA) is 37.8 Å². The lowest BCUT2D eigenvalue weighted by Crippen LogP contribution is -2.12. The van der Waals surface area contributed by atoms with E-state index in [4.69, 9.17) is 0 Å². The van der Waals surface area contributed by atoms with Crippen LogP contribution in [-0.2, 0) is 19.1 Å². The van der Waals surface area contributed by atoms with Gasteiger partial charge in [-0.25, -0.2) is 9.97 Å². The molecule has 0 aliphatic heterocycles. The summed E-state index contributed by atoms with van der Waals surface area (Å²) in [5.74, 6) is -0.186. The Morgan fingerprint density at radius 3 is 2.65 bits per heavy atom. The minimum absolute atomic E-state index is 0.186. The third kappa shape index (κ3) is 3.69. The summed E-state index contributed by atoms with van der Waals surface area (Å²) in [6, 6.07) is 1.01. The number of aryl methyl sites for hydroxylation is 1. The van der Waals surface area contributed by atoms with Crippen molar-refractivity contribution in [2.45, 2.75) is 26.1 Å². The van der Waals surface area contributed by atoms with Gasteiger partial charge in [0.05, 0.1) is 12.1 Å². The van der Waals surface area contributed by atoms with Crippen LogP contribution in [0.5, 0.6) is 0 Å². The van der Waals surface area contributed by atoms with Crippen LogP contribution in [0.25, 0.3) is 0 Å². The van der Waals surface area contributed by atoms with Crippen LogP contribution in [-0.4, -0.2) is 9.97 Å². The number of nitrogens with one attached hydrogen (secondary N) is 1. The largest absolute Gasteiger partial charge is 0.419 e. The lowest BCUT2D eigenvalue weighted by atomic mass is 10.2. The molecule has 0 saturated carbocycles. The molecule has 8 heteroatoms. The van der Waals surface area contributed by atoms with Crippen LogP contribution in [0, 0.1) is 0 Å². The van der Waals surface area contributed by atoms with Gasteiger partial charge in [-0.15, -0.1) is 11.3 Å². The number of anilines is 1. The Morgan fingerprint density at radius 1 is 1.30 bits per heavy atom. The van der Waals surface area contributed by atoms with Crippen molar-refractivity contribution in [2.75, 3.05) is 5.32 Å². The number of rotatable bonds is 4. The van der Waals surface area contributed by atoms with Gasteiger partial charge >= 0.3 is 6.18 Å². The second kappa shape index (κ2) is 6.09. The molecule has 2 rings (SSSR count). The van der Waals surface area contributed by atoms with Gasteiger partial charge in [0, 0.05) is 21.7 Å². The van der Waals surface area contributed by atoms with Gasteiger partial charge in [0.2, 0.25) is 0 Å². The van der Waals surface area contributed by atoms with Gasteiger partial charge < -0.3 is 5.32 Å². The number of nitrogens with zero attached hydrogens (tertiary/aromatic N) is 2. The standard InChI is InChI=1S/C12H11BrF3N3S/c1-2-8-5-17-10(20-8)6-19-11-9(12(14,15)16)3-7(13)4-18-11/h3-5H,2,6H2,1H3,(H,18,19). The van der Waals surface area contributed by atoms with Crippen molar-refractivity contribution in [2.24, 2.45) is 0 Å². The van der Waals surface area contributed by atoms with E-state index in [0.717, 1.165) is 22.4 Å². The first-order chi connectivity index (χ1) is 9.40. The number of thiazole rings is 1. The van der Waals surface area contributed by atoms with Crippen LogP contribution in [0.4, 0.5) is 19.0 Å². The Hall–Kier alpha value is -1.15. The van der Waals surface area contributed by atoms with E-state index in [1.165, 1.54) is 17.5 Å². The van der Waals surface area contributed by atoms with Gasteiger partial charge in [-0.3, -0.25) is 0 Å². The highest BCUT2D eigenvalue weighted by Crippen LogP contribution is 2.35. The van der Waals surface area contributed by atoms with Crippen LogP contribution in [0.1, 0.15) is 22.4 Å². The summed E-state index contributed by atoms with van der Waals surface area (Å²) in [6.07, 6.45) is -0.517. The third-order valence-electron chi connectivity index (χ3n) is 2.52. The van der Waals surface area contributed by atoms with E-state index in [2.05, 4.69) is 31.2 Å². The minimum atomic E-state index is -4.45. The summed E-state index contributed by atoms with van der Waals surface area (Å²) in [5.41, 5.74) is -0.792. The maximum atomic E-state index is 12.9. The van der Waals surface area contributed by atoms with E-state index in [1.807, 2.05) is 6.92 Å². The van der Waals surface area contributed by atoms with Gasteiger partial charge in [-0.1, -0.05) is 6.92 Å². The molecule has 0 saturated heterocycles. The zero-order valence-corrected chi connectivity index (χ0v) is 12.9. The molecular formula is C12H11BrF3N3S. The summed E-state index contributed by atoms with van der Waals surface area (Å²) < 4.78 is 39.0. The van der Waals surface area contributed by atoms with Gasteiger partial charge in [0.25, 0.3) is 0 Å². The number of hydrogen-bond donors (Lipinski definition) is 1. The molecule has 2 heterocycles. The first-order valence-electron chi connectivity index (χ1n) is 5.80. The SMILES string of the molecule is CCc1cnc(CNc2ncc(Br)cc2C(F)(F)F)s1. The van der Waals surface area contributed by atoms with E-state index < -0.39 is 11.7 Å². The van der Waals surface area contributed by atoms with E-state index in [-0.39, 0.29) is 16.8 Å². The van der Waals surface area contributed by atoms with E-state index >= 15 is 0 Å². The molecule has 108 valence electrons. The van der Waals surface area contributed by atoms with Gasteiger partial charge in [0.15, 0.2) is 0 Å². The lowest BCUT2D eigenvalue weighted by Gasteiger charge is -2.13. The normalized spacial score (nSPS) is 11.7. The van der Waals surface area contributed by atoms with Crippen LogP contribution < -0.4 is 5.32 Å². The molecule has 0 aliphatic carbocycles. The summed E-state index contributed by atoms with van der Waals surface area (Å²) in [5, 5.41) is 3.43. The van der Waals surface area contributed by atoms with Gasteiger partial charge in [-0.2, -0.15) is 13.2 Å². The molecule has 1 N–H and O–H groups in total. The Morgan fingerprint density at radius 2 is 2.05 bits per heavy atom. The summed E-state index contributed by atoms with van der Waals surface area (Å²) in [4.78, 5) is 9.03. The second-order valence-corrected chi connectivity index (χ2v) is 6.09. The van der Waals surface area contributed by atoms with Crippen LogP contribution in [0.15, 0.2) is 22.9 Å². The molecule has 2 aromatic rings. The van der Waals surface area contributed by atoms with Crippen molar-refractivity contribution in [3.63, 3.8) is 0 Å². The van der Waals surface area contributed by atoms with Crippen LogP contribution in [0.2, 0.25) is 0 Å². The van der Waals surface area contributed by atoms with Crippen molar-refractivity contribution in [3.05, 3.63) is 38.4 Å². The number of alkyl halides is 3. The highest BCUT2D eigenvalue weighted by atomic mass is 79.9. The molecule has 0 radical (unpaired) electrons. The predicted molar refractivity (Wildman–Crippen MR) is 75.8 cm³/mol. The predicted octanol–water partition coefficient (Wildman–Crippen LogP) is 4.49. The summed E-state index contributed by atoms with van der Waals surface area (Å²) >= 11 is 4.47. The molecule has 0 aliphatic rings. The molecule has 0 bridgehead atoms. The first-order valence-corrected chi connectivity index (χ1v) is 7.41. The fourth-order valence-electron chi connectivity index (χ4n) is 1.55. The smallest absolute Gasteiger partial charge is 0.363 e. The molecular weight excluding hydrogens is 355 g/mol. The zero-order valence-electron chi connectivity index (χ0n) is 10.5. The quantitative estimate of drug-likeness (QED) is 0.866. The van der Waals surface area contributed by atoms with Crippen LogP contribution in [0.3, 0.4) is 0 Å². The van der Waals surface area contributed by atoms with E-state index in [9.17, 15) is 13.2 Å². The summed E-state index contributed by atoms with van der Waals surface area (Å²) in [7, 11) is 0. The van der Waals surface area contributed by atoms with Crippen molar-refractivity contribution < 1.29 is 13.2 Å². The number of pyridine rings is 1. The Kier molecular flexibility index (Phi) is 4.64. The molecule has 0 fully saturated rings. The average molecular weight is 366 g/mol. The van der Waals surface area contributed by atoms with Crippen molar-refractivity contribution in [3.8, 4) is 0 Å². The Balaban J connectivity index is 2.17. The molecule has 0 atom stereocenters. The molecule has 3 nitrogen and oxygen atoms in total. The molecule has 2 aromatic heterocycles. The highest BCUT2D eigenvalue weighted by Gasteiger charge is 2.34. The fourth-order valence-corrected chi connectivity index (χ4v) is 2.68.